The molecule has 0 N–H and O–H groups in total. The van der Waals surface area contributed by atoms with Gasteiger partial charge >= 0.3 is 0 Å². The Hall–Kier alpha value is -2.47. The molecule has 7 heteroatoms. The van der Waals surface area contributed by atoms with Gasteiger partial charge in [-0.2, -0.15) is 5.10 Å². The zero-order chi connectivity index (χ0) is 20.7. The molecule has 0 radical (unpaired) electrons. The van der Waals surface area contributed by atoms with Crippen LogP contribution < -0.4 is 0 Å². The predicted molar refractivity (Wildman–Crippen MR) is 111 cm³/mol. The summed E-state index contributed by atoms with van der Waals surface area (Å²) in [7, 11) is 0. The summed E-state index contributed by atoms with van der Waals surface area (Å²) < 4.78 is 16.1. The second-order valence-corrected chi connectivity index (χ2v) is 8.18. The van der Waals surface area contributed by atoms with Gasteiger partial charge in [-0.25, -0.2) is 13.9 Å². The highest BCUT2D eigenvalue weighted by Crippen LogP contribution is 2.31. The van der Waals surface area contributed by atoms with Gasteiger partial charge in [0.25, 0.3) is 0 Å². The van der Waals surface area contributed by atoms with Crippen LogP contribution in [0.5, 0.6) is 0 Å². The van der Waals surface area contributed by atoms with Crippen LogP contribution in [-0.4, -0.2) is 31.4 Å². The molecule has 3 aromatic rings. The van der Waals surface area contributed by atoms with E-state index in [4.69, 9.17) is 11.6 Å². The molecule has 1 saturated carbocycles. The van der Waals surface area contributed by atoms with Gasteiger partial charge in [0.2, 0.25) is 5.91 Å². The maximum atomic E-state index is 14.2. The number of rotatable bonds is 6. The molecule has 29 heavy (non-hydrogen) atoms. The highest BCUT2D eigenvalue weighted by molar-refractivity contribution is 6.31. The lowest BCUT2D eigenvalue weighted by Crippen LogP contribution is -2.33. The number of fused-ring (bicyclic) bond motifs is 1. The molecule has 0 unspecified atom stereocenters. The van der Waals surface area contributed by atoms with Gasteiger partial charge in [0.1, 0.15) is 5.82 Å². The van der Waals surface area contributed by atoms with Crippen molar-refractivity contribution in [2.75, 3.05) is 0 Å². The maximum Gasteiger partial charge on any atom is 0.223 e. The standard InChI is InChI=1S/C22H24ClFN4O/c1-13-11-21-25-14(2)17(15(3)28(21)26-13)9-10-22(29)27(16-7-8-16)12-18-19(23)5-4-6-20(18)24/h4-6,11,16H,7-10,12H2,1-3H3. The summed E-state index contributed by atoms with van der Waals surface area (Å²) in [6.07, 6.45) is 2.83. The average Bonchev–Trinajstić information content (AvgIpc) is 3.43. The van der Waals surface area contributed by atoms with E-state index in [1.165, 1.54) is 6.07 Å². The minimum absolute atomic E-state index is 0.0161. The van der Waals surface area contributed by atoms with Gasteiger partial charge in [-0.3, -0.25) is 4.79 Å². The fourth-order valence-corrected chi connectivity index (χ4v) is 4.06. The first-order valence-electron chi connectivity index (χ1n) is 9.90. The minimum Gasteiger partial charge on any atom is -0.335 e. The molecule has 0 bridgehead atoms. The van der Waals surface area contributed by atoms with Gasteiger partial charge in [-0.15, -0.1) is 0 Å². The second-order valence-electron chi connectivity index (χ2n) is 7.77. The normalized spacial score (nSPS) is 13.8. The van der Waals surface area contributed by atoms with Crippen molar-refractivity contribution in [3.63, 3.8) is 0 Å². The van der Waals surface area contributed by atoms with Crippen molar-refractivity contribution in [3.8, 4) is 0 Å². The van der Waals surface area contributed by atoms with Crippen LogP contribution in [-0.2, 0) is 17.8 Å². The Morgan fingerprint density at radius 2 is 2.03 bits per heavy atom. The molecule has 152 valence electrons. The van der Waals surface area contributed by atoms with Crippen molar-refractivity contribution in [1.29, 1.82) is 0 Å². The molecule has 4 rings (SSSR count). The van der Waals surface area contributed by atoms with Crippen LogP contribution in [0.15, 0.2) is 24.3 Å². The number of nitrogens with zero attached hydrogens (tertiary/aromatic N) is 4. The largest absolute Gasteiger partial charge is 0.335 e. The van der Waals surface area contributed by atoms with Crippen molar-refractivity contribution in [3.05, 3.63) is 63.3 Å². The third-order valence-corrected chi connectivity index (χ3v) is 5.93. The van der Waals surface area contributed by atoms with Crippen LogP contribution in [0.3, 0.4) is 0 Å². The topological polar surface area (TPSA) is 50.5 Å². The summed E-state index contributed by atoms with van der Waals surface area (Å²) in [5.74, 6) is -0.353. The van der Waals surface area contributed by atoms with Crippen molar-refractivity contribution in [1.82, 2.24) is 19.5 Å². The van der Waals surface area contributed by atoms with Crippen LogP contribution in [0.4, 0.5) is 4.39 Å². The van der Waals surface area contributed by atoms with E-state index in [-0.39, 0.29) is 24.3 Å². The molecule has 1 aromatic carbocycles. The molecule has 5 nitrogen and oxygen atoms in total. The van der Waals surface area contributed by atoms with Crippen LogP contribution >= 0.6 is 11.6 Å². The second kappa shape index (κ2) is 7.75. The van der Waals surface area contributed by atoms with Crippen LogP contribution in [0.25, 0.3) is 5.65 Å². The van der Waals surface area contributed by atoms with Crippen molar-refractivity contribution in [2.45, 2.75) is 59.0 Å². The molecule has 1 aliphatic rings. The summed E-state index contributed by atoms with van der Waals surface area (Å²) in [6.45, 7) is 6.12. The maximum absolute atomic E-state index is 14.2. The van der Waals surface area contributed by atoms with E-state index in [9.17, 15) is 9.18 Å². The Bertz CT molecular complexity index is 1070. The number of hydrogen-bond acceptors (Lipinski definition) is 3. The summed E-state index contributed by atoms with van der Waals surface area (Å²) in [5, 5.41) is 4.85. The molecule has 2 aromatic heterocycles. The lowest BCUT2D eigenvalue weighted by atomic mass is 10.1. The summed E-state index contributed by atoms with van der Waals surface area (Å²) in [4.78, 5) is 19.4. The van der Waals surface area contributed by atoms with E-state index < -0.39 is 0 Å². The molecule has 0 aliphatic heterocycles. The molecular formula is C22H24ClFN4O. The summed E-state index contributed by atoms with van der Waals surface area (Å²) >= 11 is 6.18. The smallest absolute Gasteiger partial charge is 0.223 e. The Balaban J connectivity index is 1.53. The first-order chi connectivity index (χ1) is 13.8. The van der Waals surface area contributed by atoms with Crippen LogP contribution in [0.2, 0.25) is 5.02 Å². The Morgan fingerprint density at radius 3 is 2.72 bits per heavy atom. The third kappa shape index (κ3) is 3.99. The molecule has 1 amide bonds. The highest BCUT2D eigenvalue weighted by atomic mass is 35.5. The number of aromatic nitrogens is 3. The molecule has 2 heterocycles. The molecule has 0 spiro atoms. The van der Waals surface area contributed by atoms with Crippen LogP contribution in [0, 0.1) is 26.6 Å². The lowest BCUT2D eigenvalue weighted by molar-refractivity contribution is -0.132. The quantitative estimate of drug-likeness (QED) is 0.593. The number of benzene rings is 1. The minimum atomic E-state index is -0.369. The predicted octanol–water partition coefficient (Wildman–Crippen LogP) is 4.57. The highest BCUT2D eigenvalue weighted by Gasteiger charge is 2.33. The SMILES string of the molecule is Cc1cc2nc(C)c(CCC(=O)N(Cc3c(F)cccc3Cl)C3CC3)c(C)n2n1. The van der Waals surface area contributed by atoms with E-state index in [0.29, 0.717) is 23.4 Å². The van der Waals surface area contributed by atoms with Gasteiger partial charge in [-0.05, 0) is 57.7 Å². The lowest BCUT2D eigenvalue weighted by Gasteiger charge is -2.24. The van der Waals surface area contributed by atoms with Gasteiger partial charge in [0.05, 0.1) is 12.2 Å². The number of hydrogen-bond donors (Lipinski definition) is 0. The van der Waals surface area contributed by atoms with Crippen molar-refractivity contribution < 1.29 is 9.18 Å². The van der Waals surface area contributed by atoms with E-state index in [0.717, 1.165) is 41.1 Å². The number of carbonyl (C=O) groups is 1. The van der Waals surface area contributed by atoms with Crippen molar-refractivity contribution >= 4 is 23.2 Å². The monoisotopic (exact) mass is 414 g/mol. The fourth-order valence-electron chi connectivity index (χ4n) is 3.84. The Kier molecular flexibility index (Phi) is 5.30. The zero-order valence-electron chi connectivity index (χ0n) is 16.9. The van der Waals surface area contributed by atoms with E-state index in [1.807, 2.05) is 31.4 Å². The Labute approximate surface area is 174 Å². The molecule has 1 fully saturated rings. The Morgan fingerprint density at radius 1 is 1.28 bits per heavy atom. The number of carbonyl (C=O) groups excluding carboxylic acids is 1. The first kappa shape index (κ1) is 19.8. The number of amides is 1. The third-order valence-electron chi connectivity index (χ3n) is 5.57. The fraction of sp³-hybridized carbons (Fsp3) is 0.409. The zero-order valence-corrected chi connectivity index (χ0v) is 17.6. The van der Waals surface area contributed by atoms with E-state index in [2.05, 4.69) is 10.1 Å². The number of halogens is 2. The molecule has 0 saturated heterocycles. The van der Waals surface area contributed by atoms with E-state index >= 15 is 0 Å². The van der Waals surface area contributed by atoms with Crippen molar-refractivity contribution in [2.24, 2.45) is 0 Å². The first-order valence-corrected chi connectivity index (χ1v) is 10.3. The average molecular weight is 415 g/mol. The van der Waals surface area contributed by atoms with E-state index in [1.54, 1.807) is 17.0 Å². The number of aryl methyl sites for hydroxylation is 3. The van der Waals surface area contributed by atoms with Gasteiger partial charge in [0, 0.05) is 40.5 Å². The summed E-state index contributed by atoms with van der Waals surface area (Å²) in [5.41, 5.74) is 5.07. The molecule has 0 atom stereocenters. The molecule has 1 aliphatic carbocycles. The molecular weight excluding hydrogens is 391 g/mol. The summed E-state index contributed by atoms with van der Waals surface area (Å²) in [6, 6.07) is 6.75. The van der Waals surface area contributed by atoms with Gasteiger partial charge in [-0.1, -0.05) is 17.7 Å². The van der Waals surface area contributed by atoms with Gasteiger partial charge in [0.15, 0.2) is 5.65 Å². The van der Waals surface area contributed by atoms with Gasteiger partial charge < -0.3 is 4.90 Å². The van der Waals surface area contributed by atoms with Crippen LogP contribution in [0.1, 0.15) is 47.5 Å².